The monoisotopic (exact) mass is 404 g/mol. The van der Waals surface area contributed by atoms with Gasteiger partial charge < -0.3 is 9.84 Å². The Kier molecular flexibility index (Phi) is 7.07. The van der Waals surface area contributed by atoms with Crippen LogP contribution in [0.25, 0.3) is 10.9 Å². The van der Waals surface area contributed by atoms with Gasteiger partial charge in [0.1, 0.15) is 0 Å². The van der Waals surface area contributed by atoms with Gasteiger partial charge in [-0.15, -0.1) is 11.3 Å². The molecule has 0 saturated heterocycles. The van der Waals surface area contributed by atoms with E-state index in [2.05, 4.69) is 4.98 Å². The van der Waals surface area contributed by atoms with E-state index >= 15 is 0 Å². The molecule has 3 aromatic rings. The maximum atomic E-state index is 12.9. The van der Waals surface area contributed by atoms with Crippen molar-refractivity contribution in [2.45, 2.75) is 44.2 Å². The topological polar surface area (TPSA) is 64.3 Å². The second-order valence-corrected chi connectivity index (χ2v) is 8.42. The van der Waals surface area contributed by atoms with Crippen molar-refractivity contribution in [3.8, 4) is 0 Å². The molecule has 144 valence electrons. The highest BCUT2D eigenvalue weighted by molar-refractivity contribution is 7.99. The summed E-state index contributed by atoms with van der Waals surface area (Å²) < 4.78 is 7.32. The van der Waals surface area contributed by atoms with Crippen LogP contribution < -0.4 is 5.56 Å². The highest BCUT2D eigenvalue weighted by Gasteiger charge is 2.17. The Morgan fingerprint density at radius 3 is 2.85 bits per heavy atom. The van der Waals surface area contributed by atoms with Crippen molar-refractivity contribution in [1.82, 2.24) is 9.55 Å². The first-order chi connectivity index (χ1) is 13.1. The number of hydrogen-bond donors (Lipinski definition) is 1. The molecule has 7 heteroatoms. The summed E-state index contributed by atoms with van der Waals surface area (Å²) in [5.41, 5.74) is 0.661. The molecule has 2 aromatic heterocycles. The Morgan fingerprint density at radius 1 is 1.30 bits per heavy atom. The average molecular weight is 405 g/mol. The lowest BCUT2D eigenvalue weighted by Crippen LogP contribution is -2.27. The number of aromatic nitrogens is 2. The quantitative estimate of drug-likeness (QED) is 0.430. The SMILES string of the molecule is CC[C@H](C)n1c(SC[C@H](O)COCc2cccs2)nc2ccccc2c1=O. The molecule has 1 aromatic carbocycles. The third kappa shape index (κ3) is 4.99. The minimum absolute atomic E-state index is 0.0270. The molecule has 0 radical (unpaired) electrons. The first kappa shape index (κ1) is 20.1. The molecule has 2 heterocycles. The smallest absolute Gasteiger partial charge is 0.262 e. The number of rotatable bonds is 9. The molecule has 27 heavy (non-hydrogen) atoms. The molecule has 5 nitrogen and oxygen atoms in total. The number of benzene rings is 1. The summed E-state index contributed by atoms with van der Waals surface area (Å²) in [5, 5.41) is 13.5. The van der Waals surface area contributed by atoms with Crippen LogP contribution in [-0.2, 0) is 11.3 Å². The molecule has 0 unspecified atom stereocenters. The molecule has 1 N–H and O–H groups in total. The minimum Gasteiger partial charge on any atom is -0.390 e. The zero-order valence-electron chi connectivity index (χ0n) is 15.5. The largest absolute Gasteiger partial charge is 0.390 e. The summed E-state index contributed by atoms with van der Waals surface area (Å²) in [6.45, 7) is 4.83. The number of aliphatic hydroxyl groups is 1. The van der Waals surface area contributed by atoms with Crippen LogP contribution in [0.3, 0.4) is 0 Å². The second-order valence-electron chi connectivity index (χ2n) is 6.40. The van der Waals surface area contributed by atoms with Gasteiger partial charge in [-0.25, -0.2) is 4.98 Å². The molecule has 0 aliphatic carbocycles. The average Bonchev–Trinajstić information content (AvgIpc) is 3.19. The first-order valence-corrected chi connectivity index (χ1v) is 10.9. The van der Waals surface area contributed by atoms with E-state index in [9.17, 15) is 9.90 Å². The van der Waals surface area contributed by atoms with Crippen LogP contribution in [0.4, 0.5) is 0 Å². The molecule has 2 atom stereocenters. The van der Waals surface area contributed by atoms with Crippen molar-refractivity contribution in [1.29, 1.82) is 0 Å². The molecule has 0 amide bonds. The number of hydrogen-bond acceptors (Lipinski definition) is 6. The van der Waals surface area contributed by atoms with Crippen LogP contribution >= 0.6 is 23.1 Å². The van der Waals surface area contributed by atoms with E-state index in [4.69, 9.17) is 4.74 Å². The molecule has 0 saturated carbocycles. The lowest BCUT2D eigenvalue weighted by molar-refractivity contribution is 0.0408. The van der Waals surface area contributed by atoms with E-state index in [1.807, 2.05) is 55.6 Å². The number of fused-ring (bicyclic) bond motifs is 1. The van der Waals surface area contributed by atoms with Crippen molar-refractivity contribution in [3.63, 3.8) is 0 Å². The molecule has 0 aliphatic heterocycles. The third-order valence-corrected chi connectivity index (χ3v) is 6.29. The lowest BCUT2D eigenvalue weighted by atomic mass is 10.2. The number of thioether (sulfide) groups is 1. The summed E-state index contributed by atoms with van der Waals surface area (Å²) >= 11 is 3.04. The van der Waals surface area contributed by atoms with Gasteiger partial charge >= 0.3 is 0 Å². The van der Waals surface area contributed by atoms with Gasteiger partial charge in [-0.05, 0) is 36.9 Å². The second kappa shape index (κ2) is 9.50. The third-order valence-electron chi connectivity index (χ3n) is 4.35. The fourth-order valence-electron chi connectivity index (χ4n) is 2.71. The van der Waals surface area contributed by atoms with Crippen molar-refractivity contribution < 1.29 is 9.84 Å². The van der Waals surface area contributed by atoms with Crippen LogP contribution in [0.2, 0.25) is 0 Å². The zero-order valence-corrected chi connectivity index (χ0v) is 17.1. The molecule has 0 aliphatic rings. The molecule has 3 rings (SSSR count). The fourth-order valence-corrected chi connectivity index (χ4v) is 4.35. The van der Waals surface area contributed by atoms with E-state index in [-0.39, 0.29) is 18.2 Å². The van der Waals surface area contributed by atoms with E-state index in [1.54, 1.807) is 15.9 Å². The van der Waals surface area contributed by atoms with Crippen LogP contribution in [0.15, 0.2) is 51.7 Å². The summed E-state index contributed by atoms with van der Waals surface area (Å²) in [6.07, 6.45) is 0.212. The van der Waals surface area contributed by atoms with Crippen molar-refractivity contribution in [2.75, 3.05) is 12.4 Å². The van der Waals surface area contributed by atoms with E-state index in [1.165, 1.54) is 11.8 Å². The first-order valence-electron chi connectivity index (χ1n) is 9.02. The van der Waals surface area contributed by atoms with Crippen LogP contribution in [0.1, 0.15) is 31.2 Å². The van der Waals surface area contributed by atoms with Gasteiger partial charge in [0, 0.05) is 16.7 Å². The van der Waals surface area contributed by atoms with Gasteiger partial charge in [-0.2, -0.15) is 0 Å². The van der Waals surface area contributed by atoms with E-state index < -0.39 is 6.10 Å². The van der Waals surface area contributed by atoms with Gasteiger partial charge in [0.2, 0.25) is 0 Å². The normalized spacial score (nSPS) is 13.7. The molecule has 0 fully saturated rings. The maximum absolute atomic E-state index is 12.9. The predicted molar refractivity (Wildman–Crippen MR) is 112 cm³/mol. The van der Waals surface area contributed by atoms with E-state index in [0.717, 1.165) is 11.3 Å². The molecule has 0 spiro atoms. The summed E-state index contributed by atoms with van der Waals surface area (Å²) in [4.78, 5) is 18.7. The highest BCUT2D eigenvalue weighted by Crippen LogP contribution is 2.23. The zero-order chi connectivity index (χ0) is 19.2. The molecular weight excluding hydrogens is 380 g/mol. The van der Waals surface area contributed by atoms with Gasteiger partial charge in [0.05, 0.1) is 30.2 Å². The Balaban J connectivity index is 1.70. The number of aliphatic hydroxyl groups excluding tert-OH is 1. The van der Waals surface area contributed by atoms with Gasteiger partial charge in [0.25, 0.3) is 5.56 Å². The number of para-hydroxylation sites is 1. The number of ether oxygens (including phenoxy) is 1. The predicted octanol–water partition coefficient (Wildman–Crippen LogP) is 4.10. The van der Waals surface area contributed by atoms with Gasteiger partial charge in [-0.1, -0.05) is 36.9 Å². The van der Waals surface area contributed by atoms with Crippen molar-refractivity contribution in [2.24, 2.45) is 0 Å². The lowest BCUT2D eigenvalue weighted by Gasteiger charge is -2.19. The van der Waals surface area contributed by atoms with Gasteiger partial charge in [0.15, 0.2) is 5.16 Å². The van der Waals surface area contributed by atoms with Crippen LogP contribution in [-0.4, -0.2) is 33.1 Å². The number of nitrogens with zero attached hydrogens (tertiary/aromatic N) is 2. The summed E-state index contributed by atoms with van der Waals surface area (Å²) in [7, 11) is 0. The Morgan fingerprint density at radius 2 is 2.11 bits per heavy atom. The van der Waals surface area contributed by atoms with Crippen LogP contribution in [0.5, 0.6) is 0 Å². The maximum Gasteiger partial charge on any atom is 0.262 e. The van der Waals surface area contributed by atoms with E-state index in [0.29, 0.717) is 28.4 Å². The van der Waals surface area contributed by atoms with Crippen LogP contribution in [0, 0.1) is 0 Å². The molecular formula is C20H24N2O3S2. The standard InChI is InChI=1S/C20H24N2O3S2/c1-3-14(2)22-19(24)17-8-4-5-9-18(17)21-20(22)27-13-15(23)11-25-12-16-7-6-10-26-16/h4-10,14-15,23H,3,11-13H2,1-2H3/t14-,15+/m0/s1. The highest BCUT2D eigenvalue weighted by atomic mass is 32.2. The van der Waals surface area contributed by atoms with Crippen molar-refractivity contribution >= 4 is 34.0 Å². The van der Waals surface area contributed by atoms with Crippen molar-refractivity contribution in [3.05, 3.63) is 57.0 Å². The Labute approximate surface area is 167 Å². The van der Waals surface area contributed by atoms with Gasteiger partial charge in [-0.3, -0.25) is 9.36 Å². The Hall–Kier alpha value is -1.67. The summed E-state index contributed by atoms with van der Waals surface area (Å²) in [6, 6.07) is 11.4. The molecule has 0 bridgehead atoms. The fraction of sp³-hybridized carbons (Fsp3) is 0.400. The number of thiophene rings is 1. The summed E-state index contributed by atoms with van der Waals surface area (Å²) in [5.74, 6) is 0.422. The Bertz CT molecular complexity index is 925. The minimum atomic E-state index is -0.622.